The van der Waals surface area contributed by atoms with Crippen molar-refractivity contribution in [2.45, 2.75) is 38.0 Å². The molecule has 1 aliphatic rings. The van der Waals surface area contributed by atoms with Crippen molar-refractivity contribution < 1.29 is 18.0 Å². The average Bonchev–Trinajstić information content (AvgIpc) is 3.30. The highest BCUT2D eigenvalue weighted by Gasteiger charge is 2.33. The lowest BCUT2D eigenvalue weighted by molar-refractivity contribution is -0.138. The van der Waals surface area contributed by atoms with Crippen LogP contribution in [0.1, 0.15) is 45.7 Å². The smallest absolute Gasteiger partial charge is 0.344 e. The maximum Gasteiger partial charge on any atom is 0.390 e. The summed E-state index contributed by atoms with van der Waals surface area (Å²) in [5.74, 6) is 0.111. The molecular formula is C14H17F3N6OS. The fourth-order valence-corrected chi connectivity index (χ4v) is 3.94. The third-order valence-electron chi connectivity index (χ3n) is 4.02. The number of nitrogens with one attached hydrogen (secondary N) is 2. The Hall–Kier alpha value is -2.01. The van der Waals surface area contributed by atoms with Crippen molar-refractivity contribution in [1.29, 1.82) is 0 Å². The molecule has 0 spiro atoms. The van der Waals surface area contributed by atoms with E-state index in [2.05, 4.69) is 25.9 Å². The molecule has 1 saturated heterocycles. The second-order valence-electron chi connectivity index (χ2n) is 5.77. The van der Waals surface area contributed by atoms with Gasteiger partial charge >= 0.3 is 6.18 Å². The SMILES string of the molecule is O=C(NCc1nn[nH]n1)c1ccc([C@@H]2CCCN2CCC(F)(F)F)s1. The Kier molecular flexibility index (Phi) is 5.33. The van der Waals surface area contributed by atoms with Crippen LogP contribution in [0.15, 0.2) is 12.1 Å². The second kappa shape index (κ2) is 7.48. The molecule has 1 atom stereocenters. The third-order valence-corrected chi connectivity index (χ3v) is 5.21. The molecule has 0 radical (unpaired) electrons. The van der Waals surface area contributed by atoms with Crippen LogP contribution in [0, 0.1) is 0 Å². The third kappa shape index (κ3) is 4.75. The van der Waals surface area contributed by atoms with E-state index in [1.54, 1.807) is 6.07 Å². The summed E-state index contributed by atoms with van der Waals surface area (Å²) in [6.45, 7) is 0.799. The zero-order chi connectivity index (χ0) is 17.9. The van der Waals surface area contributed by atoms with Crippen LogP contribution in [0.5, 0.6) is 0 Å². The predicted octanol–water partition coefficient (Wildman–Crippen LogP) is 2.28. The van der Waals surface area contributed by atoms with E-state index >= 15 is 0 Å². The summed E-state index contributed by atoms with van der Waals surface area (Å²) >= 11 is 1.31. The zero-order valence-corrected chi connectivity index (χ0v) is 14.0. The summed E-state index contributed by atoms with van der Waals surface area (Å²) in [4.78, 5) is 15.4. The van der Waals surface area contributed by atoms with Gasteiger partial charge in [0.05, 0.1) is 17.8 Å². The lowest BCUT2D eigenvalue weighted by Gasteiger charge is -2.24. The van der Waals surface area contributed by atoms with Gasteiger partial charge in [0.15, 0.2) is 5.82 Å². The van der Waals surface area contributed by atoms with Gasteiger partial charge in [-0.05, 0) is 31.5 Å². The van der Waals surface area contributed by atoms with Gasteiger partial charge in [0.25, 0.3) is 5.91 Å². The molecular weight excluding hydrogens is 357 g/mol. The minimum atomic E-state index is -4.15. The van der Waals surface area contributed by atoms with Crippen LogP contribution in [0.2, 0.25) is 0 Å². The maximum atomic E-state index is 12.5. The number of tetrazole rings is 1. The first kappa shape index (κ1) is 17.8. The molecule has 136 valence electrons. The van der Waals surface area contributed by atoms with Gasteiger partial charge in [0, 0.05) is 17.5 Å². The van der Waals surface area contributed by atoms with Gasteiger partial charge in [0.2, 0.25) is 0 Å². The van der Waals surface area contributed by atoms with Crippen LogP contribution >= 0.6 is 11.3 Å². The molecule has 2 N–H and O–H groups in total. The predicted molar refractivity (Wildman–Crippen MR) is 83.9 cm³/mol. The van der Waals surface area contributed by atoms with Gasteiger partial charge < -0.3 is 5.32 Å². The van der Waals surface area contributed by atoms with E-state index in [1.165, 1.54) is 11.3 Å². The first-order valence-electron chi connectivity index (χ1n) is 7.83. The Morgan fingerprint density at radius 3 is 3.00 bits per heavy atom. The first-order chi connectivity index (χ1) is 11.9. The molecule has 3 rings (SSSR count). The number of likely N-dealkylation sites (tertiary alicyclic amines) is 1. The van der Waals surface area contributed by atoms with Crippen LogP contribution in [0.25, 0.3) is 0 Å². The van der Waals surface area contributed by atoms with Gasteiger partial charge in [-0.1, -0.05) is 5.21 Å². The molecule has 0 unspecified atom stereocenters. The van der Waals surface area contributed by atoms with Crippen molar-refractivity contribution in [2.75, 3.05) is 13.1 Å². The zero-order valence-electron chi connectivity index (χ0n) is 13.2. The number of hydrogen-bond acceptors (Lipinski definition) is 6. The molecule has 1 amide bonds. The molecule has 1 aliphatic heterocycles. The van der Waals surface area contributed by atoms with Gasteiger partial charge in [-0.2, -0.15) is 18.4 Å². The number of halogens is 3. The highest BCUT2D eigenvalue weighted by atomic mass is 32.1. The van der Waals surface area contributed by atoms with Gasteiger partial charge in [-0.15, -0.1) is 21.5 Å². The summed E-state index contributed by atoms with van der Waals surface area (Å²) in [5, 5.41) is 15.9. The quantitative estimate of drug-likeness (QED) is 0.810. The van der Waals surface area contributed by atoms with Crippen molar-refractivity contribution in [1.82, 2.24) is 30.8 Å². The Labute approximate surface area is 145 Å². The van der Waals surface area contributed by atoms with Crippen molar-refractivity contribution >= 4 is 17.2 Å². The summed E-state index contributed by atoms with van der Waals surface area (Å²) in [6, 6.07) is 3.47. The summed E-state index contributed by atoms with van der Waals surface area (Å²) in [6.07, 6.45) is -3.29. The summed E-state index contributed by atoms with van der Waals surface area (Å²) < 4.78 is 37.4. The van der Waals surface area contributed by atoms with Crippen LogP contribution in [0.4, 0.5) is 13.2 Å². The van der Waals surface area contributed by atoms with Gasteiger partial charge in [-0.3, -0.25) is 9.69 Å². The summed E-state index contributed by atoms with van der Waals surface area (Å²) in [7, 11) is 0. The van der Waals surface area contributed by atoms with E-state index in [4.69, 9.17) is 0 Å². The molecule has 11 heteroatoms. The number of alkyl halides is 3. The maximum absolute atomic E-state index is 12.5. The van der Waals surface area contributed by atoms with Gasteiger partial charge in [0.1, 0.15) is 0 Å². The highest BCUT2D eigenvalue weighted by Crippen LogP contribution is 2.36. The number of nitrogens with zero attached hydrogens (tertiary/aromatic N) is 4. The van der Waals surface area contributed by atoms with E-state index in [-0.39, 0.29) is 25.0 Å². The van der Waals surface area contributed by atoms with Crippen LogP contribution < -0.4 is 5.32 Å². The largest absolute Gasteiger partial charge is 0.390 e. The number of H-pyrrole nitrogens is 1. The number of carbonyl (C=O) groups is 1. The number of aromatic nitrogens is 4. The number of carbonyl (C=O) groups excluding carboxylic acids is 1. The highest BCUT2D eigenvalue weighted by molar-refractivity contribution is 7.14. The number of thiophene rings is 1. The van der Waals surface area contributed by atoms with E-state index in [1.807, 2.05) is 11.0 Å². The van der Waals surface area contributed by atoms with Gasteiger partial charge in [-0.25, -0.2) is 0 Å². The van der Waals surface area contributed by atoms with Crippen LogP contribution in [-0.2, 0) is 6.54 Å². The molecule has 0 bridgehead atoms. The molecule has 3 heterocycles. The fraction of sp³-hybridized carbons (Fsp3) is 0.571. The molecule has 0 saturated carbocycles. The van der Waals surface area contributed by atoms with Crippen molar-refractivity contribution in [2.24, 2.45) is 0 Å². The Morgan fingerprint density at radius 1 is 1.44 bits per heavy atom. The van der Waals surface area contributed by atoms with E-state index in [0.29, 0.717) is 17.2 Å². The Morgan fingerprint density at radius 2 is 2.28 bits per heavy atom. The second-order valence-corrected chi connectivity index (χ2v) is 6.89. The number of aromatic amines is 1. The van der Waals surface area contributed by atoms with Crippen molar-refractivity contribution in [3.05, 3.63) is 27.7 Å². The van der Waals surface area contributed by atoms with E-state index in [9.17, 15) is 18.0 Å². The van der Waals surface area contributed by atoms with Crippen molar-refractivity contribution in [3.8, 4) is 0 Å². The monoisotopic (exact) mass is 374 g/mol. The molecule has 25 heavy (non-hydrogen) atoms. The van der Waals surface area contributed by atoms with E-state index in [0.717, 1.165) is 17.7 Å². The number of amides is 1. The molecule has 1 fully saturated rings. The Bertz CT molecular complexity index is 702. The minimum absolute atomic E-state index is 0.00851. The lowest BCUT2D eigenvalue weighted by atomic mass is 10.2. The van der Waals surface area contributed by atoms with E-state index < -0.39 is 12.6 Å². The van der Waals surface area contributed by atoms with Crippen LogP contribution in [-0.4, -0.2) is 50.7 Å². The summed E-state index contributed by atoms with van der Waals surface area (Å²) in [5.41, 5.74) is 0. The normalized spacial score (nSPS) is 18.6. The molecule has 2 aromatic heterocycles. The number of rotatable bonds is 6. The molecule has 7 nitrogen and oxygen atoms in total. The molecule has 0 aliphatic carbocycles. The lowest BCUT2D eigenvalue weighted by Crippen LogP contribution is -2.27. The topological polar surface area (TPSA) is 86.8 Å². The number of hydrogen-bond donors (Lipinski definition) is 2. The first-order valence-corrected chi connectivity index (χ1v) is 8.65. The van der Waals surface area contributed by atoms with Crippen LogP contribution in [0.3, 0.4) is 0 Å². The average molecular weight is 374 g/mol. The Balaban J connectivity index is 1.59. The molecule has 2 aromatic rings. The standard InChI is InChI=1S/C14H17F3N6OS/c15-14(16,17)5-7-23-6-1-2-9(23)10-3-4-11(25-10)13(24)18-8-12-19-21-22-20-12/h3-4,9H,1-2,5-8H2,(H,18,24)(H,19,20,21,22)/t9-/m0/s1. The molecule has 0 aromatic carbocycles. The minimum Gasteiger partial charge on any atom is -0.344 e. The fourth-order valence-electron chi connectivity index (χ4n) is 2.84. The van der Waals surface area contributed by atoms with Crippen molar-refractivity contribution in [3.63, 3.8) is 0 Å².